The summed E-state index contributed by atoms with van der Waals surface area (Å²) in [5.41, 5.74) is 1.10. The minimum atomic E-state index is -0.722. The van der Waals surface area contributed by atoms with E-state index >= 15 is 0 Å². The van der Waals surface area contributed by atoms with Crippen LogP contribution in [0.4, 0.5) is 8.78 Å². The van der Waals surface area contributed by atoms with Crippen molar-refractivity contribution in [3.63, 3.8) is 0 Å². The van der Waals surface area contributed by atoms with Gasteiger partial charge in [-0.25, -0.2) is 8.78 Å². The SMILES string of the molecule is CCOc1cc(-c2ccnc([C@H]3CC[C@@]4(CCN(C)C4=O)N3)c2)c(F)cc1F.Cl. The summed E-state index contributed by atoms with van der Waals surface area (Å²) in [4.78, 5) is 18.7. The van der Waals surface area contributed by atoms with Crippen LogP contribution in [0.1, 0.15) is 37.9 Å². The van der Waals surface area contributed by atoms with Crippen molar-refractivity contribution >= 4 is 18.3 Å². The number of amides is 1. The van der Waals surface area contributed by atoms with E-state index in [1.165, 1.54) is 6.07 Å². The number of aromatic nitrogens is 1. The Morgan fingerprint density at radius 1 is 1.28 bits per heavy atom. The van der Waals surface area contributed by atoms with E-state index in [1.54, 1.807) is 30.2 Å². The second-order valence-corrected chi connectivity index (χ2v) is 7.46. The van der Waals surface area contributed by atoms with Crippen molar-refractivity contribution in [1.82, 2.24) is 15.2 Å². The van der Waals surface area contributed by atoms with E-state index in [4.69, 9.17) is 4.74 Å². The van der Waals surface area contributed by atoms with Crippen molar-refractivity contribution in [2.45, 2.75) is 37.8 Å². The number of hydrogen-bond acceptors (Lipinski definition) is 4. The van der Waals surface area contributed by atoms with Crippen LogP contribution in [-0.4, -0.2) is 41.5 Å². The Bertz CT molecular complexity index is 927. The van der Waals surface area contributed by atoms with Crippen LogP contribution < -0.4 is 10.1 Å². The Kier molecular flexibility index (Phi) is 6.10. The van der Waals surface area contributed by atoms with Gasteiger partial charge in [0.2, 0.25) is 5.91 Å². The first-order chi connectivity index (χ1) is 13.4. The lowest BCUT2D eigenvalue weighted by atomic mass is 9.96. The highest BCUT2D eigenvalue weighted by Gasteiger charge is 2.50. The first-order valence-corrected chi connectivity index (χ1v) is 9.55. The fraction of sp³-hybridized carbons (Fsp3) is 0.429. The largest absolute Gasteiger partial charge is 0.491 e. The van der Waals surface area contributed by atoms with Crippen molar-refractivity contribution in [2.24, 2.45) is 0 Å². The molecule has 4 rings (SSSR count). The molecule has 0 radical (unpaired) electrons. The maximum absolute atomic E-state index is 14.4. The van der Waals surface area contributed by atoms with Crippen molar-refractivity contribution in [3.8, 4) is 16.9 Å². The molecule has 0 aliphatic carbocycles. The third-order valence-corrected chi connectivity index (χ3v) is 5.71. The molecule has 0 bridgehead atoms. The quantitative estimate of drug-likeness (QED) is 0.811. The second kappa shape index (κ2) is 8.24. The van der Waals surface area contributed by atoms with Gasteiger partial charge in [0.1, 0.15) is 11.4 Å². The van der Waals surface area contributed by atoms with E-state index in [-0.39, 0.29) is 35.7 Å². The fourth-order valence-corrected chi connectivity index (χ4v) is 4.21. The van der Waals surface area contributed by atoms with Crippen LogP contribution in [0.5, 0.6) is 5.75 Å². The Morgan fingerprint density at radius 2 is 2.07 bits per heavy atom. The van der Waals surface area contributed by atoms with Gasteiger partial charge < -0.3 is 9.64 Å². The van der Waals surface area contributed by atoms with E-state index in [0.29, 0.717) is 12.2 Å². The van der Waals surface area contributed by atoms with Crippen molar-refractivity contribution in [3.05, 3.63) is 47.8 Å². The number of halogens is 3. The van der Waals surface area contributed by atoms with E-state index in [0.717, 1.165) is 37.6 Å². The van der Waals surface area contributed by atoms with Crippen molar-refractivity contribution in [2.75, 3.05) is 20.2 Å². The maximum Gasteiger partial charge on any atom is 0.242 e. The number of likely N-dealkylation sites (N-methyl/N-ethyl adjacent to an activating group) is 1. The van der Waals surface area contributed by atoms with Crippen LogP contribution in [0.15, 0.2) is 30.5 Å². The average Bonchev–Trinajstić information content (AvgIpc) is 3.24. The maximum atomic E-state index is 14.4. The molecule has 1 aromatic heterocycles. The van der Waals surface area contributed by atoms with Gasteiger partial charge in [-0.1, -0.05) is 0 Å². The molecule has 2 atom stereocenters. The van der Waals surface area contributed by atoms with Crippen LogP contribution in [0.2, 0.25) is 0 Å². The highest BCUT2D eigenvalue weighted by atomic mass is 35.5. The monoisotopic (exact) mass is 423 g/mol. The number of nitrogens with one attached hydrogen (secondary N) is 1. The van der Waals surface area contributed by atoms with Crippen molar-refractivity contribution < 1.29 is 18.3 Å². The van der Waals surface area contributed by atoms with Gasteiger partial charge in [0.15, 0.2) is 11.6 Å². The first kappa shape index (κ1) is 21.5. The number of hydrogen-bond donors (Lipinski definition) is 1. The van der Waals surface area contributed by atoms with Gasteiger partial charge in [0.05, 0.1) is 18.3 Å². The molecule has 2 fully saturated rings. The van der Waals surface area contributed by atoms with E-state index < -0.39 is 17.2 Å². The van der Waals surface area contributed by atoms with Gasteiger partial charge in [-0.05, 0) is 49.9 Å². The van der Waals surface area contributed by atoms with E-state index in [2.05, 4.69) is 10.3 Å². The highest BCUT2D eigenvalue weighted by Crippen LogP contribution is 2.39. The third-order valence-electron chi connectivity index (χ3n) is 5.71. The van der Waals surface area contributed by atoms with E-state index in [9.17, 15) is 13.6 Å². The molecule has 1 amide bonds. The predicted molar refractivity (Wildman–Crippen MR) is 108 cm³/mol. The zero-order chi connectivity index (χ0) is 19.9. The molecule has 1 spiro atoms. The van der Waals surface area contributed by atoms with Crippen LogP contribution in [0.25, 0.3) is 11.1 Å². The Morgan fingerprint density at radius 3 is 2.76 bits per heavy atom. The summed E-state index contributed by atoms with van der Waals surface area (Å²) in [5.74, 6) is -1.23. The summed E-state index contributed by atoms with van der Waals surface area (Å²) in [7, 11) is 1.82. The number of rotatable bonds is 4. The van der Waals surface area contributed by atoms with Crippen LogP contribution in [0.3, 0.4) is 0 Å². The molecule has 2 saturated heterocycles. The molecule has 2 aromatic rings. The summed E-state index contributed by atoms with van der Waals surface area (Å²) >= 11 is 0. The zero-order valence-electron chi connectivity index (χ0n) is 16.4. The standard InChI is InChI=1S/C21H23F2N3O2.ClH/c1-3-28-19-11-14(15(22)12-16(19)23)13-5-8-24-18(10-13)17-4-6-21(25-17)7-9-26(2)20(21)27;/h5,8,10-12,17,25H,3-4,6-7,9H2,1-2H3;1H/t17-,21+;/m1./s1. The molecular formula is C21H24ClF2N3O2. The number of likely N-dealkylation sites (tertiary alicyclic amines) is 1. The smallest absolute Gasteiger partial charge is 0.242 e. The van der Waals surface area contributed by atoms with Gasteiger partial charge in [0, 0.05) is 31.4 Å². The van der Waals surface area contributed by atoms with Crippen molar-refractivity contribution in [1.29, 1.82) is 0 Å². The lowest BCUT2D eigenvalue weighted by Gasteiger charge is -2.23. The number of nitrogens with zero attached hydrogens (tertiary/aromatic N) is 2. The molecule has 1 aromatic carbocycles. The molecule has 2 aliphatic heterocycles. The molecule has 1 N–H and O–H groups in total. The number of ether oxygens (including phenoxy) is 1. The van der Waals surface area contributed by atoms with Gasteiger partial charge in [-0.3, -0.25) is 15.1 Å². The number of benzene rings is 1. The third kappa shape index (κ3) is 3.81. The van der Waals surface area contributed by atoms with E-state index in [1.807, 2.05) is 7.05 Å². The summed E-state index contributed by atoms with van der Waals surface area (Å²) in [6.45, 7) is 2.78. The first-order valence-electron chi connectivity index (χ1n) is 9.55. The Balaban J connectivity index is 0.00000240. The van der Waals surface area contributed by atoms with Crippen LogP contribution >= 0.6 is 12.4 Å². The zero-order valence-corrected chi connectivity index (χ0v) is 17.2. The highest BCUT2D eigenvalue weighted by molar-refractivity contribution is 5.88. The average molecular weight is 424 g/mol. The molecule has 3 heterocycles. The molecule has 156 valence electrons. The van der Waals surface area contributed by atoms with Gasteiger partial charge in [0.25, 0.3) is 0 Å². The Hall–Kier alpha value is -2.25. The normalized spacial score (nSPS) is 23.5. The number of carbonyl (C=O) groups excluding carboxylic acids is 1. The minimum Gasteiger partial charge on any atom is -0.491 e. The molecule has 8 heteroatoms. The lowest BCUT2D eigenvalue weighted by Crippen LogP contribution is -2.47. The molecule has 0 unspecified atom stereocenters. The second-order valence-electron chi connectivity index (χ2n) is 7.46. The lowest BCUT2D eigenvalue weighted by molar-refractivity contribution is -0.131. The van der Waals surface area contributed by atoms with Crippen LogP contribution in [-0.2, 0) is 4.79 Å². The summed E-state index contributed by atoms with van der Waals surface area (Å²) in [6.07, 6.45) is 3.93. The molecule has 0 saturated carbocycles. The predicted octanol–water partition coefficient (Wildman–Crippen LogP) is 3.87. The minimum absolute atomic E-state index is 0. The summed E-state index contributed by atoms with van der Waals surface area (Å²) in [6, 6.07) is 5.63. The summed E-state index contributed by atoms with van der Waals surface area (Å²) < 4.78 is 33.5. The topological polar surface area (TPSA) is 54.5 Å². The van der Waals surface area contributed by atoms with Gasteiger partial charge in [-0.2, -0.15) is 0 Å². The van der Waals surface area contributed by atoms with Crippen LogP contribution in [0, 0.1) is 11.6 Å². The number of carbonyl (C=O) groups is 1. The summed E-state index contributed by atoms with van der Waals surface area (Å²) in [5, 5.41) is 3.46. The Labute approximate surface area is 174 Å². The molecule has 5 nitrogen and oxygen atoms in total. The van der Waals surface area contributed by atoms with Gasteiger partial charge >= 0.3 is 0 Å². The number of pyridine rings is 1. The van der Waals surface area contributed by atoms with Gasteiger partial charge in [-0.15, -0.1) is 12.4 Å². The molecule has 29 heavy (non-hydrogen) atoms. The fourth-order valence-electron chi connectivity index (χ4n) is 4.21. The molecule has 2 aliphatic rings. The molecular weight excluding hydrogens is 400 g/mol.